The average Bonchev–Trinajstić information content (AvgIpc) is 3.04. The van der Waals surface area contributed by atoms with E-state index in [1.54, 1.807) is 6.07 Å². The summed E-state index contributed by atoms with van der Waals surface area (Å²) in [4.78, 5) is 23.4. The van der Waals surface area contributed by atoms with Crippen LogP contribution in [0.3, 0.4) is 0 Å². The monoisotopic (exact) mass is 342 g/mol. The Kier molecular flexibility index (Phi) is 5.46. The van der Waals surface area contributed by atoms with E-state index in [0.717, 1.165) is 12.1 Å². The molecule has 2 aromatic rings. The van der Waals surface area contributed by atoms with Crippen LogP contribution >= 0.6 is 0 Å². The molecule has 128 valence electrons. The Bertz CT molecular complexity index is 682. The molecule has 1 aromatic heterocycles. The topological polar surface area (TPSA) is 80.6 Å². The summed E-state index contributed by atoms with van der Waals surface area (Å²) in [6.07, 6.45) is -3.42. The van der Waals surface area contributed by atoms with E-state index in [0.29, 0.717) is 0 Å². The molecule has 1 heterocycles. The molecule has 9 heteroatoms. The van der Waals surface area contributed by atoms with Gasteiger partial charge >= 0.3 is 6.36 Å². The Balaban J connectivity index is 1.75. The number of alkyl halides is 3. The zero-order chi connectivity index (χ0) is 17.6. The second-order valence-electron chi connectivity index (χ2n) is 4.56. The van der Waals surface area contributed by atoms with Crippen LogP contribution in [0, 0.1) is 0 Å². The van der Waals surface area contributed by atoms with Gasteiger partial charge in [0.2, 0.25) is 0 Å². The van der Waals surface area contributed by atoms with Crippen LogP contribution < -0.4 is 15.4 Å². The third-order valence-corrected chi connectivity index (χ3v) is 2.79. The van der Waals surface area contributed by atoms with Crippen LogP contribution in [0.15, 0.2) is 47.1 Å². The number of benzene rings is 1. The number of ether oxygens (including phenoxy) is 1. The van der Waals surface area contributed by atoms with Crippen molar-refractivity contribution in [2.75, 3.05) is 13.1 Å². The highest BCUT2D eigenvalue weighted by atomic mass is 19.4. The fraction of sp³-hybridized carbons (Fsp3) is 0.200. The van der Waals surface area contributed by atoms with Crippen LogP contribution in [0.2, 0.25) is 0 Å². The van der Waals surface area contributed by atoms with Gasteiger partial charge < -0.3 is 19.8 Å². The Hall–Kier alpha value is -2.97. The van der Waals surface area contributed by atoms with Crippen molar-refractivity contribution in [3.05, 3.63) is 54.0 Å². The Morgan fingerprint density at radius 1 is 1.00 bits per heavy atom. The second-order valence-corrected chi connectivity index (χ2v) is 4.56. The van der Waals surface area contributed by atoms with Gasteiger partial charge in [-0.3, -0.25) is 9.59 Å². The molecular weight excluding hydrogens is 329 g/mol. The van der Waals surface area contributed by atoms with Gasteiger partial charge in [-0.15, -0.1) is 13.2 Å². The van der Waals surface area contributed by atoms with Crippen molar-refractivity contribution in [1.29, 1.82) is 0 Å². The molecule has 0 spiro atoms. The van der Waals surface area contributed by atoms with Gasteiger partial charge in [-0.25, -0.2) is 0 Å². The van der Waals surface area contributed by atoms with Crippen molar-refractivity contribution in [1.82, 2.24) is 10.6 Å². The summed E-state index contributed by atoms with van der Waals surface area (Å²) in [6, 6.07) is 7.57. The molecule has 2 rings (SSSR count). The molecule has 0 radical (unpaired) electrons. The molecule has 0 saturated heterocycles. The third-order valence-electron chi connectivity index (χ3n) is 2.79. The molecule has 2 amide bonds. The quantitative estimate of drug-likeness (QED) is 0.790. The molecule has 2 N–H and O–H groups in total. The number of halogens is 3. The maximum atomic E-state index is 12.0. The Morgan fingerprint density at radius 2 is 1.62 bits per heavy atom. The number of amides is 2. The van der Waals surface area contributed by atoms with Gasteiger partial charge in [0.25, 0.3) is 11.8 Å². The fourth-order valence-electron chi connectivity index (χ4n) is 1.76. The Morgan fingerprint density at radius 3 is 2.17 bits per heavy atom. The van der Waals surface area contributed by atoms with E-state index < -0.39 is 23.9 Å². The zero-order valence-electron chi connectivity index (χ0n) is 12.2. The van der Waals surface area contributed by atoms with Crippen molar-refractivity contribution >= 4 is 11.8 Å². The van der Waals surface area contributed by atoms with E-state index in [1.807, 2.05) is 0 Å². The first kappa shape index (κ1) is 17.4. The number of hydrogen-bond donors (Lipinski definition) is 2. The maximum absolute atomic E-state index is 12.0. The van der Waals surface area contributed by atoms with E-state index in [1.165, 1.54) is 24.5 Å². The molecule has 0 atom stereocenters. The lowest BCUT2D eigenvalue weighted by Gasteiger charge is -2.09. The molecule has 0 aliphatic heterocycles. The van der Waals surface area contributed by atoms with Crippen LogP contribution in [-0.2, 0) is 0 Å². The highest BCUT2D eigenvalue weighted by Crippen LogP contribution is 2.22. The number of rotatable bonds is 6. The standard InChI is InChI=1S/C15H13F3N2O4/c16-15(17,18)24-11-5-3-10(4-6-11)13(21)19-7-8-20-14(22)12-2-1-9-23-12/h1-6,9H,7-8H2,(H,19,21)(H,20,22). The highest BCUT2D eigenvalue weighted by Gasteiger charge is 2.31. The van der Waals surface area contributed by atoms with E-state index >= 15 is 0 Å². The van der Waals surface area contributed by atoms with Crippen LogP contribution in [0.1, 0.15) is 20.9 Å². The van der Waals surface area contributed by atoms with Gasteiger partial charge in [0.05, 0.1) is 6.26 Å². The first-order valence-electron chi connectivity index (χ1n) is 6.81. The first-order chi connectivity index (χ1) is 11.3. The molecule has 0 unspecified atom stereocenters. The molecule has 0 aliphatic carbocycles. The molecule has 0 fully saturated rings. The van der Waals surface area contributed by atoms with E-state index in [-0.39, 0.29) is 24.4 Å². The fourth-order valence-corrected chi connectivity index (χ4v) is 1.76. The third kappa shape index (κ3) is 5.34. The summed E-state index contributed by atoms with van der Waals surface area (Å²) < 4.78 is 44.7. The van der Waals surface area contributed by atoms with Gasteiger partial charge in [0.15, 0.2) is 5.76 Å². The molecule has 1 aromatic carbocycles. The maximum Gasteiger partial charge on any atom is 0.573 e. The average molecular weight is 342 g/mol. The van der Waals surface area contributed by atoms with Gasteiger partial charge in [-0.05, 0) is 36.4 Å². The summed E-state index contributed by atoms with van der Waals surface area (Å²) in [6.45, 7) is 0.312. The number of carbonyl (C=O) groups excluding carboxylic acids is 2. The molecule has 24 heavy (non-hydrogen) atoms. The smallest absolute Gasteiger partial charge is 0.459 e. The zero-order valence-corrected chi connectivity index (χ0v) is 12.2. The minimum Gasteiger partial charge on any atom is -0.459 e. The van der Waals surface area contributed by atoms with Crippen molar-refractivity contribution in [3.63, 3.8) is 0 Å². The van der Waals surface area contributed by atoms with Gasteiger partial charge in [-0.1, -0.05) is 0 Å². The predicted octanol–water partition coefficient (Wildman–Crippen LogP) is 2.34. The summed E-state index contributed by atoms with van der Waals surface area (Å²) in [5.74, 6) is -1.16. The minimum absolute atomic E-state index is 0.145. The molecule has 0 saturated carbocycles. The number of hydrogen-bond acceptors (Lipinski definition) is 4. The summed E-state index contributed by atoms with van der Waals surface area (Å²) in [7, 11) is 0. The number of nitrogens with one attached hydrogen (secondary N) is 2. The van der Waals surface area contributed by atoms with Crippen LogP contribution in [0.4, 0.5) is 13.2 Å². The molecule has 6 nitrogen and oxygen atoms in total. The number of carbonyl (C=O) groups is 2. The van der Waals surface area contributed by atoms with Crippen molar-refractivity contribution < 1.29 is 31.9 Å². The summed E-state index contributed by atoms with van der Waals surface area (Å²) in [5, 5.41) is 5.05. The lowest BCUT2D eigenvalue weighted by Crippen LogP contribution is -2.34. The summed E-state index contributed by atoms with van der Waals surface area (Å²) in [5.41, 5.74) is 0.168. The van der Waals surface area contributed by atoms with Crippen LogP contribution in [0.5, 0.6) is 5.75 Å². The number of furan rings is 1. The van der Waals surface area contributed by atoms with Crippen LogP contribution in [0.25, 0.3) is 0 Å². The highest BCUT2D eigenvalue weighted by molar-refractivity contribution is 5.94. The van der Waals surface area contributed by atoms with E-state index in [4.69, 9.17) is 4.42 Å². The molecular formula is C15H13F3N2O4. The van der Waals surface area contributed by atoms with Crippen molar-refractivity contribution in [3.8, 4) is 5.75 Å². The lowest BCUT2D eigenvalue weighted by molar-refractivity contribution is -0.274. The molecule has 0 aliphatic rings. The van der Waals surface area contributed by atoms with Crippen molar-refractivity contribution in [2.45, 2.75) is 6.36 Å². The van der Waals surface area contributed by atoms with Crippen LogP contribution in [-0.4, -0.2) is 31.3 Å². The van der Waals surface area contributed by atoms with E-state index in [9.17, 15) is 22.8 Å². The Labute approximate surface area is 134 Å². The van der Waals surface area contributed by atoms with Gasteiger partial charge in [-0.2, -0.15) is 0 Å². The predicted molar refractivity (Wildman–Crippen MR) is 76.5 cm³/mol. The first-order valence-corrected chi connectivity index (χ1v) is 6.81. The second kappa shape index (κ2) is 7.53. The van der Waals surface area contributed by atoms with E-state index in [2.05, 4.69) is 15.4 Å². The summed E-state index contributed by atoms with van der Waals surface area (Å²) >= 11 is 0. The minimum atomic E-state index is -4.78. The molecule has 0 bridgehead atoms. The largest absolute Gasteiger partial charge is 0.573 e. The van der Waals surface area contributed by atoms with Gasteiger partial charge in [0, 0.05) is 18.7 Å². The van der Waals surface area contributed by atoms with Crippen molar-refractivity contribution in [2.24, 2.45) is 0 Å². The SMILES string of the molecule is O=C(NCCNC(=O)c1ccco1)c1ccc(OC(F)(F)F)cc1. The van der Waals surface area contributed by atoms with Gasteiger partial charge in [0.1, 0.15) is 5.75 Å². The lowest BCUT2D eigenvalue weighted by atomic mass is 10.2. The normalized spacial score (nSPS) is 11.0.